The van der Waals surface area contributed by atoms with Crippen LogP contribution in [0.2, 0.25) is 0 Å². The van der Waals surface area contributed by atoms with Crippen LogP contribution in [-0.4, -0.2) is 43.3 Å². The average molecular weight is 204 g/mol. The van der Waals surface area contributed by atoms with Crippen molar-refractivity contribution < 1.29 is 19.4 Å². The van der Waals surface area contributed by atoms with E-state index in [-0.39, 0.29) is 13.2 Å². The summed E-state index contributed by atoms with van der Waals surface area (Å²) in [5.41, 5.74) is 4.92. The van der Waals surface area contributed by atoms with Crippen molar-refractivity contribution in [3.05, 3.63) is 0 Å². The van der Waals surface area contributed by atoms with Gasteiger partial charge in [-0.05, 0) is 6.92 Å². The van der Waals surface area contributed by atoms with E-state index >= 15 is 0 Å². The first-order valence-electron chi connectivity index (χ1n) is 4.35. The molecular weight excluding hydrogens is 188 g/mol. The van der Waals surface area contributed by atoms with Crippen LogP contribution in [0.15, 0.2) is 0 Å². The zero-order valence-electron chi connectivity index (χ0n) is 8.16. The number of rotatable bonds is 7. The Labute approximate surface area is 82.4 Å². The van der Waals surface area contributed by atoms with Crippen LogP contribution in [0.4, 0.5) is 0 Å². The number of hydrogen-bond acceptors (Lipinski definition) is 4. The highest BCUT2D eigenvalue weighted by molar-refractivity contribution is 5.99. The maximum atomic E-state index is 11.1. The van der Waals surface area contributed by atoms with Gasteiger partial charge >= 0.3 is 0 Å². The molecular formula is C8H16N2O4. The van der Waals surface area contributed by atoms with Crippen LogP contribution in [0.1, 0.15) is 6.92 Å². The quantitative estimate of drug-likeness (QED) is 0.337. The van der Waals surface area contributed by atoms with Gasteiger partial charge < -0.3 is 20.9 Å². The lowest BCUT2D eigenvalue weighted by molar-refractivity contribution is -0.132. The molecule has 0 aliphatic carbocycles. The van der Waals surface area contributed by atoms with Gasteiger partial charge in [-0.2, -0.15) is 0 Å². The lowest BCUT2D eigenvalue weighted by atomic mass is 10.1. The molecule has 0 fully saturated rings. The number of aliphatic hydroxyl groups excluding tert-OH is 1. The van der Waals surface area contributed by atoms with Crippen molar-refractivity contribution in [3.63, 3.8) is 0 Å². The Morgan fingerprint density at radius 3 is 2.64 bits per heavy atom. The predicted molar refractivity (Wildman–Crippen MR) is 49.3 cm³/mol. The topological polar surface area (TPSA) is 102 Å². The van der Waals surface area contributed by atoms with Gasteiger partial charge in [-0.15, -0.1) is 0 Å². The van der Waals surface area contributed by atoms with Crippen LogP contribution < -0.4 is 11.1 Å². The molecule has 1 unspecified atom stereocenters. The summed E-state index contributed by atoms with van der Waals surface area (Å²) >= 11 is 0. The van der Waals surface area contributed by atoms with Crippen molar-refractivity contribution in [2.24, 2.45) is 11.7 Å². The van der Waals surface area contributed by atoms with Gasteiger partial charge in [-0.1, -0.05) is 0 Å². The van der Waals surface area contributed by atoms with E-state index in [1.807, 2.05) is 0 Å². The molecule has 0 radical (unpaired) electrons. The zero-order valence-corrected chi connectivity index (χ0v) is 8.16. The van der Waals surface area contributed by atoms with Crippen LogP contribution in [0.25, 0.3) is 0 Å². The molecule has 0 spiro atoms. The molecule has 6 nitrogen and oxygen atoms in total. The second-order valence-corrected chi connectivity index (χ2v) is 2.75. The van der Waals surface area contributed by atoms with Crippen molar-refractivity contribution in [1.82, 2.24) is 5.32 Å². The molecule has 14 heavy (non-hydrogen) atoms. The second kappa shape index (κ2) is 7.28. The Bertz CT molecular complexity index is 196. The monoisotopic (exact) mass is 204 g/mol. The maximum absolute atomic E-state index is 11.1. The lowest BCUT2D eigenvalue weighted by Gasteiger charge is -2.08. The third-order valence-corrected chi connectivity index (χ3v) is 1.60. The first kappa shape index (κ1) is 12.9. The molecule has 0 rings (SSSR count). The molecule has 82 valence electrons. The Morgan fingerprint density at radius 2 is 2.14 bits per heavy atom. The molecule has 0 aromatic rings. The molecule has 0 saturated heterocycles. The van der Waals surface area contributed by atoms with E-state index in [0.29, 0.717) is 13.2 Å². The van der Waals surface area contributed by atoms with Gasteiger partial charge in [0.25, 0.3) is 0 Å². The highest BCUT2D eigenvalue weighted by Gasteiger charge is 2.17. The fourth-order valence-corrected chi connectivity index (χ4v) is 0.695. The molecule has 0 aliphatic heterocycles. The third-order valence-electron chi connectivity index (χ3n) is 1.60. The van der Waals surface area contributed by atoms with Crippen molar-refractivity contribution in [1.29, 1.82) is 0 Å². The van der Waals surface area contributed by atoms with Crippen LogP contribution in [0.3, 0.4) is 0 Å². The van der Waals surface area contributed by atoms with Gasteiger partial charge in [0.05, 0.1) is 19.8 Å². The number of nitrogens with two attached hydrogens (primary N) is 1. The SMILES string of the molecule is CC(C(N)=O)C(=O)NCCOCCO. The van der Waals surface area contributed by atoms with Gasteiger partial charge in [0.15, 0.2) is 0 Å². The fraction of sp³-hybridized carbons (Fsp3) is 0.750. The zero-order chi connectivity index (χ0) is 11.0. The Morgan fingerprint density at radius 1 is 1.50 bits per heavy atom. The molecule has 0 saturated carbocycles. The minimum absolute atomic E-state index is 0.0500. The summed E-state index contributed by atoms with van der Waals surface area (Å²) < 4.78 is 4.89. The summed E-state index contributed by atoms with van der Waals surface area (Å²) in [6.07, 6.45) is 0. The van der Waals surface area contributed by atoms with Gasteiger partial charge in [0.1, 0.15) is 5.92 Å². The molecule has 0 aromatic heterocycles. The van der Waals surface area contributed by atoms with Gasteiger partial charge in [-0.25, -0.2) is 0 Å². The summed E-state index contributed by atoms with van der Waals surface area (Å²) in [5, 5.41) is 10.8. The Kier molecular flexibility index (Phi) is 6.69. The number of hydrogen-bond donors (Lipinski definition) is 3. The van der Waals surface area contributed by atoms with E-state index in [0.717, 1.165) is 0 Å². The lowest BCUT2D eigenvalue weighted by Crippen LogP contribution is -2.38. The second-order valence-electron chi connectivity index (χ2n) is 2.75. The Hall–Kier alpha value is -1.14. The van der Waals surface area contributed by atoms with Crippen molar-refractivity contribution in [3.8, 4) is 0 Å². The van der Waals surface area contributed by atoms with E-state index in [2.05, 4.69) is 5.32 Å². The molecule has 0 bridgehead atoms. The summed E-state index contributed by atoms with van der Waals surface area (Å²) in [6, 6.07) is 0. The largest absolute Gasteiger partial charge is 0.394 e. The number of nitrogens with one attached hydrogen (secondary N) is 1. The molecule has 6 heteroatoms. The fourth-order valence-electron chi connectivity index (χ4n) is 0.695. The predicted octanol–water partition coefficient (Wildman–Crippen LogP) is -1.77. The van der Waals surface area contributed by atoms with Crippen molar-refractivity contribution in [2.45, 2.75) is 6.92 Å². The molecule has 0 heterocycles. The van der Waals surface area contributed by atoms with Crippen LogP contribution in [-0.2, 0) is 14.3 Å². The molecule has 0 aromatic carbocycles. The molecule has 2 amide bonds. The number of aliphatic hydroxyl groups is 1. The number of carbonyl (C=O) groups is 2. The van der Waals surface area contributed by atoms with E-state index in [9.17, 15) is 9.59 Å². The highest BCUT2D eigenvalue weighted by atomic mass is 16.5. The first-order chi connectivity index (χ1) is 6.59. The van der Waals surface area contributed by atoms with Gasteiger partial charge in [0.2, 0.25) is 11.8 Å². The molecule has 0 aliphatic rings. The highest BCUT2D eigenvalue weighted by Crippen LogP contribution is 1.91. The summed E-state index contributed by atoms with van der Waals surface area (Å²) in [6.45, 7) is 2.23. The Balaban J connectivity index is 3.49. The van der Waals surface area contributed by atoms with E-state index in [1.54, 1.807) is 0 Å². The number of primary amides is 1. The van der Waals surface area contributed by atoms with Gasteiger partial charge in [0, 0.05) is 6.54 Å². The molecule has 1 atom stereocenters. The third kappa shape index (κ3) is 5.50. The standard InChI is InChI=1S/C8H16N2O4/c1-6(7(9)12)8(13)10-2-4-14-5-3-11/h6,11H,2-5H2,1H3,(H2,9,12)(H,10,13). The van der Waals surface area contributed by atoms with Crippen LogP contribution >= 0.6 is 0 Å². The van der Waals surface area contributed by atoms with Crippen LogP contribution in [0, 0.1) is 5.92 Å². The summed E-state index contributed by atoms with van der Waals surface area (Å²) in [4.78, 5) is 21.7. The normalized spacial score (nSPS) is 12.1. The smallest absolute Gasteiger partial charge is 0.232 e. The summed E-state index contributed by atoms with van der Waals surface area (Å²) in [7, 11) is 0. The number of amides is 2. The van der Waals surface area contributed by atoms with E-state index < -0.39 is 17.7 Å². The molecule has 4 N–H and O–H groups in total. The minimum Gasteiger partial charge on any atom is -0.394 e. The van der Waals surface area contributed by atoms with Crippen molar-refractivity contribution >= 4 is 11.8 Å². The van der Waals surface area contributed by atoms with E-state index in [4.69, 9.17) is 15.6 Å². The average Bonchev–Trinajstić information content (AvgIpc) is 2.16. The minimum atomic E-state index is -0.826. The van der Waals surface area contributed by atoms with E-state index in [1.165, 1.54) is 6.92 Å². The maximum Gasteiger partial charge on any atom is 0.232 e. The summed E-state index contributed by atoms with van der Waals surface area (Å²) in [5.74, 6) is -1.89. The first-order valence-corrected chi connectivity index (χ1v) is 4.35. The van der Waals surface area contributed by atoms with Gasteiger partial charge in [-0.3, -0.25) is 9.59 Å². The number of carbonyl (C=O) groups excluding carboxylic acids is 2. The number of ether oxygens (including phenoxy) is 1. The van der Waals surface area contributed by atoms with Crippen molar-refractivity contribution in [2.75, 3.05) is 26.4 Å². The van der Waals surface area contributed by atoms with Crippen LogP contribution in [0.5, 0.6) is 0 Å².